The van der Waals surface area contributed by atoms with Crippen LogP contribution in [0.15, 0.2) is 18.2 Å². The molecule has 0 saturated carbocycles. The number of rotatable bonds is 3. The highest BCUT2D eigenvalue weighted by Gasteiger charge is 2.29. The number of phenols is 1. The average Bonchev–Trinajstić information content (AvgIpc) is 2.82. The molecular formula is C13H18N2O3. The van der Waals surface area contributed by atoms with E-state index < -0.39 is 6.10 Å². The maximum Gasteiger partial charge on any atom is 0.253 e. The van der Waals surface area contributed by atoms with Crippen molar-refractivity contribution in [1.29, 1.82) is 0 Å². The third-order valence-electron chi connectivity index (χ3n) is 3.14. The van der Waals surface area contributed by atoms with Crippen molar-refractivity contribution in [2.75, 3.05) is 11.9 Å². The quantitative estimate of drug-likeness (QED) is 0.751. The molecule has 2 rings (SSSR count). The highest BCUT2D eigenvalue weighted by Crippen LogP contribution is 2.23. The number of nitrogens with one attached hydrogen (secondary N) is 1. The molecule has 1 aromatic rings. The average molecular weight is 250 g/mol. The fraction of sp³-hybridized carbons (Fsp3) is 0.462. The number of ether oxygens (including phenoxy) is 1. The van der Waals surface area contributed by atoms with Crippen molar-refractivity contribution in [3.05, 3.63) is 23.8 Å². The molecule has 2 atom stereocenters. The zero-order valence-electron chi connectivity index (χ0n) is 10.3. The molecule has 18 heavy (non-hydrogen) atoms. The van der Waals surface area contributed by atoms with E-state index in [1.807, 2.05) is 0 Å². The Morgan fingerprint density at radius 2 is 2.33 bits per heavy atom. The van der Waals surface area contributed by atoms with Crippen molar-refractivity contribution < 1.29 is 14.6 Å². The van der Waals surface area contributed by atoms with Crippen LogP contribution in [-0.4, -0.2) is 29.8 Å². The molecule has 98 valence electrons. The molecular weight excluding hydrogens is 232 g/mol. The van der Waals surface area contributed by atoms with Crippen molar-refractivity contribution in [2.45, 2.75) is 32.0 Å². The van der Waals surface area contributed by atoms with Gasteiger partial charge in [0.15, 0.2) is 0 Å². The molecule has 1 aliphatic rings. The first kappa shape index (κ1) is 12.9. The molecule has 0 aliphatic carbocycles. The van der Waals surface area contributed by atoms with Gasteiger partial charge in [0.05, 0.1) is 6.10 Å². The Hall–Kier alpha value is -1.59. The van der Waals surface area contributed by atoms with E-state index in [0.717, 1.165) is 12.0 Å². The van der Waals surface area contributed by atoms with E-state index in [-0.39, 0.29) is 17.8 Å². The Morgan fingerprint density at radius 3 is 2.94 bits per heavy atom. The number of aryl methyl sites for hydroxylation is 1. The second kappa shape index (κ2) is 5.37. The molecule has 0 bridgehead atoms. The van der Waals surface area contributed by atoms with E-state index >= 15 is 0 Å². The van der Waals surface area contributed by atoms with Crippen LogP contribution in [0.25, 0.3) is 0 Å². The number of benzene rings is 1. The highest BCUT2D eigenvalue weighted by molar-refractivity contribution is 5.94. The van der Waals surface area contributed by atoms with Gasteiger partial charge < -0.3 is 20.9 Å². The van der Waals surface area contributed by atoms with Gasteiger partial charge in [-0.05, 0) is 31.4 Å². The van der Waals surface area contributed by atoms with E-state index in [2.05, 4.69) is 5.32 Å². The molecule has 0 radical (unpaired) electrons. The summed E-state index contributed by atoms with van der Waals surface area (Å²) < 4.78 is 5.50. The zero-order valence-corrected chi connectivity index (χ0v) is 10.3. The first-order valence-corrected chi connectivity index (χ1v) is 6.06. The number of amides is 1. The third kappa shape index (κ3) is 2.80. The smallest absolute Gasteiger partial charge is 0.253 e. The van der Waals surface area contributed by atoms with Gasteiger partial charge in [-0.15, -0.1) is 0 Å². The molecule has 0 spiro atoms. The summed E-state index contributed by atoms with van der Waals surface area (Å²) in [7, 11) is 0. The van der Waals surface area contributed by atoms with E-state index in [9.17, 15) is 9.90 Å². The van der Waals surface area contributed by atoms with Crippen LogP contribution in [0.4, 0.5) is 5.69 Å². The van der Waals surface area contributed by atoms with Gasteiger partial charge in [0.25, 0.3) is 5.91 Å². The van der Waals surface area contributed by atoms with E-state index in [4.69, 9.17) is 10.5 Å². The fourth-order valence-corrected chi connectivity index (χ4v) is 1.98. The van der Waals surface area contributed by atoms with Crippen LogP contribution in [0, 0.1) is 6.92 Å². The molecule has 5 heteroatoms. The lowest BCUT2D eigenvalue weighted by Crippen LogP contribution is -2.29. The number of anilines is 1. The summed E-state index contributed by atoms with van der Waals surface area (Å²) in [6.45, 7) is 2.24. The second-order valence-electron chi connectivity index (χ2n) is 4.55. The molecule has 1 amide bonds. The van der Waals surface area contributed by atoms with Crippen molar-refractivity contribution in [3.8, 4) is 5.75 Å². The van der Waals surface area contributed by atoms with Crippen molar-refractivity contribution in [3.63, 3.8) is 0 Å². The largest absolute Gasteiger partial charge is 0.508 e. The molecule has 5 nitrogen and oxygen atoms in total. The van der Waals surface area contributed by atoms with Crippen LogP contribution in [-0.2, 0) is 9.53 Å². The van der Waals surface area contributed by atoms with Gasteiger partial charge in [0, 0.05) is 18.3 Å². The van der Waals surface area contributed by atoms with Crippen LogP contribution in [0.5, 0.6) is 5.75 Å². The summed E-state index contributed by atoms with van der Waals surface area (Å²) in [5, 5.41) is 12.3. The second-order valence-corrected chi connectivity index (χ2v) is 4.55. The Morgan fingerprint density at radius 1 is 1.56 bits per heavy atom. The Kier molecular flexibility index (Phi) is 3.84. The standard InChI is InChI=1S/C13H18N2O3/c1-8-2-3-9(6-11(8)16)15-13(17)12-5-4-10(7-14)18-12/h2-3,6,10,12,16H,4-5,7,14H2,1H3,(H,15,17). The number of hydrogen-bond acceptors (Lipinski definition) is 4. The molecule has 4 N–H and O–H groups in total. The Balaban J connectivity index is 1.97. The number of carbonyl (C=O) groups excluding carboxylic acids is 1. The lowest BCUT2D eigenvalue weighted by molar-refractivity contribution is -0.126. The topological polar surface area (TPSA) is 84.6 Å². The van der Waals surface area contributed by atoms with Crippen LogP contribution in [0.1, 0.15) is 18.4 Å². The van der Waals surface area contributed by atoms with Crippen molar-refractivity contribution >= 4 is 11.6 Å². The van der Waals surface area contributed by atoms with Gasteiger partial charge >= 0.3 is 0 Å². The van der Waals surface area contributed by atoms with Gasteiger partial charge in [-0.1, -0.05) is 6.07 Å². The fourth-order valence-electron chi connectivity index (χ4n) is 1.98. The first-order chi connectivity index (χ1) is 8.60. The highest BCUT2D eigenvalue weighted by atomic mass is 16.5. The number of hydrogen-bond donors (Lipinski definition) is 3. The number of carbonyl (C=O) groups is 1. The summed E-state index contributed by atoms with van der Waals surface area (Å²) in [6, 6.07) is 5.04. The predicted molar refractivity (Wildman–Crippen MR) is 68.4 cm³/mol. The van der Waals surface area contributed by atoms with Crippen molar-refractivity contribution in [2.24, 2.45) is 5.73 Å². The lowest BCUT2D eigenvalue weighted by Gasteiger charge is -2.13. The minimum Gasteiger partial charge on any atom is -0.508 e. The van der Waals surface area contributed by atoms with Crippen LogP contribution in [0.3, 0.4) is 0 Å². The summed E-state index contributed by atoms with van der Waals surface area (Å²) in [4.78, 5) is 11.9. The summed E-state index contributed by atoms with van der Waals surface area (Å²) in [5.74, 6) is -0.0193. The molecule has 1 aliphatic heterocycles. The minimum atomic E-state index is -0.443. The molecule has 2 unspecified atom stereocenters. The maximum atomic E-state index is 11.9. The van der Waals surface area contributed by atoms with Gasteiger partial charge in [-0.25, -0.2) is 0 Å². The van der Waals surface area contributed by atoms with Gasteiger partial charge in [0.2, 0.25) is 0 Å². The normalized spacial score (nSPS) is 23.0. The zero-order chi connectivity index (χ0) is 13.1. The van der Waals surface area contributed by atoms with E-state index in [0.29, 0.717) is 18.7 Å². The molecule has 0 aromatic heterocycles. The van der Waals surface area contributed by atoms with E-state index in [1.165, 1.54) is 6.07 Å². The monoisotopic (exact) mass is 250 g/mol. The Labute approximate surface area is 106 Å². The van der Waals surface area contributed by atoms with Crippen molar-refractivity contribution in [1.82, 2.24) is 0 Å². The van der Waals surface area contributed by atoms with Gasteiger partial charge in [0.1, 0.15) is 11.9 Å². The van der Waals surface area contributed by atoms with Gasteiger partial charge in [-0.3, -0.25) is 4.79 Å². The number of phenolic OH excluding ortho intramolecular Hbond substituents is 1. The third-order valence-corrected chi connectivity index (χ3v) is 3.14. The summed E-state index contributed by atoms with van der Waals surface area (Å²) >= 11 is 0. The van der Waals surface area contributed by atoms with E-state index in [1.54, 1.807) is 19.1 Å². The summed E-state index contributed by atoms with van der Waals surface area (Å²) in [5.41, 5.74) is 6.84. The minimum absolute atomic E-state index is 0.0211. The first-order valence-electron chi connectivity index (χ1n) is 6.06. The number of nitrogens with two attached hydrogens (primary N) is 1. The number of aromatic hydroxyl groups is 1. The molecule has 1 heterocycles. The van der Waals surface area contributed by atoms with Crippen LogP contribution >= 0.6 is 0 Å². The predicted octanol–water partition coefficient (Wildman–Crippen LogP) is 1.15. The molecule has 1 aromatic carbocycles. The SMILES string of the molecule is Cc1ccc(NC(=O)C2CCC(CN)O2)cc1O. The lowest BCUT2D eigenvalue weighted by atomic mass is 10.1. The summed E-state index contributed by atoms with van der Waals surface area (Å²) in [6.07, 6.45) is 1.04. The maximum absolute atomic E-state index is 11.9. The van der Waals surface area contributed by atoms with Crippen LogP contribution in [0.2, 0.25) is 0 Å². The van der Waals surface area contributed by atoms with Crippen LogP contribution < -0.4 is 11.1 Å². The molecule has 1 saturated heterocycles. The Bertz CT molecular complexity index is 448. The van der Waals surface area contributed by atoms with Gasteiger partial charge in [-0.2, -0.15) is 0 Å². The molecule has 1 fully saturated rings.